The van der Waals surface area contributed by atoms with Crippen LogP contribution < -0.4 is 4.90 Å². The number of fused-ring (bicyclic) bond motifs is 1. The number of hydrogen-bond acceptors (Lipinski definition) is 2. The number of aliphatic hydroxyl groups is 1. The molecule has 2 aliphatic rings. The summed E-state index contributed by atoms with van der Waals surface area (Å²) < 4.78 is 52.4. The van der Waals surface area contributed by atoms with Gasteiger partial charge in [-0.2, -0.15) is 13.2 Å². The fourth-order valence-corrected chi connectivity index (χ4v) is 3.45. The van der Waals surface area contributed by atoms with E-state index in [2.05, 4.69) is 4.85 Å². The van der Waals surface area contributed by atoms with E-state index in [4.69, 9.17) is 18.2 Å². The smallest absolute Gasteiger partial charge is 0.382 e. The molecule has 118 valence electrons. The Morgan fingerprint density at radius 2 is 2.09 bits per heavy atom. The molecular weight excluding hydrogens is 324 g/mol. The number of aliphatic hydroxyl groups excluding tert-OH is 1. The summed E-state index contributed by atoms with van der Waals surface area (Å²) >= 11 is 5.81. The summed E-state index contributed by atoms with van der Waals surface area (Å²) in [5.41, 5.74) is -0.196. The molecule has 1 aromatic carbocycles. The molecule has 1 aliphatic carbocycles. The van der Waals surface area contributed by atoms with E-state index in [-0.39, 0.29) is 28.2 Å². The van der Waals surface area contributed by atoms with Crippen LogP contribution in [0.2, 0.25) is 5.02 Å². The number of alkyl halides is 3. The molecular formula is C14H11ClF4N2O. The molecule has 1 aromatic rings. The van der Waals surface area contributed by atoms with Gasteiger partial charge in [-0.25, -0.2) is 9.24 Å². The zero-order valence-electron chi connectivity index (χ0n) is 11.1. The summed E-state index contributed by atoms with van der Waals surface area (Å²) in [5, 5.41) is 9.46. The second kappa shape index (κ2) is 5.00. The number of halogens is 5. The molecule has 1 aliphatic heterocycles. The summed E-state index contributed by atoms with van der Waals surface area (Å²) in [6.45, 7) is 7.15. The molecule has 3 rings (SSSR count). The fourth-order valence-electron chi connectivity index (χ4n) is 3.21. The van der Waals surface area contributed by atoms with Crippen molar-refractivity contribution in [1.82, 2.24) is 0 Å². The number of piperidine rings is 1. The lowest BCUT2D eigenvalue weighted by Crippen LogP contribution is -2.49. The number of hydrogen-bond donors (Lipinski definition) is 1. The van der Waals surface area contributed by atoms with Gasteiger partial charge in [-0.05, 0) is 30.4 Å². The zero-order chi connectivity index (χ0) is 16.2. The highest BCUT2D eigenvalue weighted by molar-refractivity contribution is 6.33. The second-order valence-corrected chi connectivity index (χ2v) is 6.07. The van der Waals surface area contributed by atoms with Crippen molar-refractivity contribution in [3.05, 3.63) is 34.4 Å². The molecule has 0 radical (unpaired) electrons. The molecule has 0 aromatic heterocycles. The van der Waals surface area contributed by atoms with Crippen LogP contribution in [-0.2, 0) is 0 Å². The summed E-state index contributed by atoms with van der Waals surface area (Å²) in [7, 11) is 0. The Kier molecular flexibility index (Phi) is 3.49. The van der Waals surface area contributed by atoms with Gasteiger partial charge < -0.3 is 10.0 Å². The predicted molar refractivity (Wildman–Crippen MR) is 72.5 cm³/mol. The maximum absolute atomic E-state index is 13.8. The molecule has 1 saturated carbocycles. The topological polar surface area (TPSA) is 27.8 Å². The van der Waals surface area contributed by atoms with Crippen LogP contribution in [0.1, 0.15) is 6.42 Å². The van der Waals surface area contributed by atoms with E-state index in [1.54, 1.807) is 0 Å². The Labute approximate surface area is 128 Å². The number of rotatable bonds is 2. The highest BCUT2D eigenvalue weighted by Gasteiger charge is 2.60. The largest absolute Gasteiger partial charge is 0.416 e. The van der Waals surface area contributed by atoms with Gasteiger partial charge in [0.05, 0.1) is 17.6 Å². The van der Waals surface area contributed by atoms with Gasteiger partial charge in [0.1, 0.15) is 5.82 Å². The molecule has 0 unspecified atom stereocenters. The van der Waals surface area contributed by atoms with E-state index in [0.717, 1.165) is 6.07 Å². The van der Waals surface area contributed by atoms with Crippen LogP contribution in [0, 0.1) is 24.2 Å². The van der Waals surface area contributed by atoms with Crippen LogP contribution in [0.25, 0.3) is 4.85 Å². The molecule has 22 heavy (non-hydrogen) atoms. The normalized spacial score (nSPS) is 28.2. The Hall–Kier alpha value is -1.52. The van der Waals surface area contributed by atoms with Crippen molar-refractivity contribution >= 4 is 23.0 Å². The summed E-state index contributed by atoms with van der Waals surface area (Å²) in [4.78, 5) is 4.30. The fraction of sp³-hybridized carbons (Fsp3) is 0.500. The molecule has 4 atom stereocenters. The van der Waals surface area contributed by atoms with Gasteiger partial charge in [0.25, 0.3) is 0 Å². The average Bonchev–Trinajstić information content (AvgIpc) is 3.07. The van der Waals surface area contributed by atoms with E-state index in [9.17, 15) is 22.7 Å². The molecule has 1 N–H and O–H groups in total. The monoisotopic (exact) mass is 334 g/mol. The van der Waals surface area contributed by atoms with Crippen molar-refractivity contribution in [2.24, 2.45) is 11.8 Å². The van der Waals surface area contributed by atoms with Crippen molar-refractivity contribution in [3.8, 4) is 0 Å². The summed E-state index contributed by atoms with van der Waals surface area (Å²) in [5.74, 6) is -1.05. The molecule has 1 heterocycles. The highest BCUT2D eigenvalue weighted by atomic mass is 35.5. The van der Waals surface area contributed by atoms with E-state index in [1.165, 1.54) is 11.0 Å². The maximum Gasteiger partial charge on any atom is 0.416 e. The number of nitrogens with zero attached hydrogens (tertiary/aromatic N) is 2. The van der Waals surface area contributed by atoms with Gasteiger partial charge in [0.15, 0.2) is 6.10 Å². The molecule has 0 amide bonds. The van der Waals surface area contributed by atoms with E-state index in [0.29, 0.717) is 13.0 Å². The van der Waals surface area contributed by atoms with E-state index < -0.39 is 24.1 Å². The third-order valence-electron chi connectivity index (χ3n) is 4.31. The van der Waals surface area contributed by atoms with Crippen LogP contribution >= 0.6 is 11.6 Å². The number of anilines is 1. The van der Waals surface area contributed by atoms with E-state index >= 15 is 0 Å². The lowest BCUT2D eigenvalue weighted by molar-refractivity contribution is -0.210. The quantitative estimate of drug-likeness (QED) is 0.658. The average molecular weight is 335 g/mol. The minimum Gasteiger partial charge on any atom is -0.382 e. The van der Waals surface area contributed by atoms with Crippen molar-refractivity contribution in [2.45, 2.75) is 24.7 Å². The van der Waals surface area contributed by atoms with Gasteiger partial charge in [0, 0.05) is 12.2 Å². The summed E-state index contributed by atoms with van der Waals surface area (Å²) in [6.07, 6.45) is -6.60. The molecule has 2 fully saturated rings. The minimum atomic E-state index is -4.74. The molecule has 3 nitrogen and oxygen atoms in total. The van der Waals surface area contributed by atoms with E-state index in [1.807, 2.05) is 0 Å². The van der Waals surface area contributed by atoms with Crippen molar-refractivity contribution < 1.29 is 22.7 Å². The maximum atomic E-state index is 13.8. The van der Waals surface area contributed by atoms with Gasteiger partial charge in [-0.15, -0.1) is 0 Å². The van der Waals surface area contributed by atoms with Gasteiger partial charge in [-0.3, -0.25) is 0 Å². The first-order valence-electron chi connectivity index (χ1n) is 6.62. The van der Waals surface area contributed by atoms with Crippen molar-refractivity contribution in [3.63, 3.8) is 0 Å². The standard InChI is InChI=1S/C14H11ClF4N2O/c1-20-11-9(15)3-7(4-10(11)16)21-5-6-2-8(6)12(21)13(22)14(17,18)19/h3-4,6,8,12-13,22H,2,5H2/t6-,8-,12+,13+/m0/s1. The van der Waals surface area contributed by atoms with Crippen LogP contribution in [0.3, 0.4) is 0 Å². The first-order chi connectivity index (χ1) is 10.2. The Balaban J connectivity index is 1.96. The highest BCUT2D eigenvalue weighted by Crippen LogP contribution is 2.53. The van der Waals surface area contributed by atoms with Crippen LogP contribution in [-0.4, -0.2) is 30.0 Å². The minimum absolute atomic E-state index is 0.0735. The first kappa shape index (κ1) is 15.4. The molecule has 0 spiro atoms. The zero-order valence-corrected chi connectivity index (χ0v) is 11.9. The van der Waals surface area contributed by atoms with Crippen molar-refractivity contribution in [1.29, 1.82) is 0 Å². The predicted octanol–water partition coefficient (Wildman–Crippen LogP) is 3.78. The third-order valence-corrected chi connectivity index (χ3v) is 4.60. The first-order valence-corrected chi connectivity index (χ1v) is 6.99. The Morgan fingerprint density at radius 1 is 1.41 bits per heavy atom. The van der Waals surface area contributed by atoms with Gasteiger partial charge >= 0.3 is 6.18 Å². The Morgan fingerprint density at radius 3 is 2.64 bits per heavy atom. The van der Waals surface area contributed by atoms with Gasteiger partial charge in [-0.1, -0.05) is 11.6 Å². The van der Waals surface area contributed by atoms with Crippen LogP contribution in [0.4, 0.5) is 28.9 Å². The molecule has 8 heteroatoms. The lowest BCUT2D eigenvalue weighted by Gasteiger charge is -2.34. The van der Waals surface area contributed by atoms with Crippen LogP contribution in [0.15, 0.2) is 12.1 Å². The van der Waals surface area contributed by atoms with Gasteiger partial charge in [0.2, 0.25) is 5.69 Å². The Bertz CT molecular complexity index is 634. The summed E-state index contributed by atoms with van der Waals surface area (Å²) in [6, 6.07) is 1.14. The van der Waals surface area contributed by atoms with Crippen LogP contribution in [0.5, 0.6) is 0 Å². The lowest BCUT2D eigenvalue weighted by atomic mass is 10.0. The number of benzene rings is 1. The molecule has 0 bridgehead atoms. The van der Waals surface area contributed by atoms with Crippen molar-refractivity contribution in [2.75, 3.05) is 11.4 Å². The third kappa shape index (κ3) is 2.40. The second-order valence-electron chi connectivity index (χ2n) is 5.66. The SMILES string of the molecule is [C-]#[N+]c1c(F)cc(N2C[C@@H]3C[C@@H]3[C@@H]2[C@@H](O)C(F)(F)F)cc1Cl. The molecule has 1 saturated heterocycles.